The molecule has 3 heteroatoms. The molecule has 1 aliphatic heterocycles. The smallest absolute Gasteiger partial charge is 0.122 e. The van der Waals surface area contributed by atoms with E-state index in [2.05, 4.69) is 24.8 Å². The first-order valence-corrected chi connectivity index (χ1v) is 6.83. The lowest BCUT2D eigenvalue weighted by Gasteiger charge is -2.21. The summed E-state index contributed by atoms with van der Waals surface area (Å²) in [4.78, 5) is 2.48. The summed E-state index contributed by atoms with van der Waals surface area (Å²) in [5, 5.41) is 0. The van der Waals surface area contributed by atoms with Crippen LogP contribution in [0.1, 0.15) is 18.9 Å². The summed E-state index contributed by atoms with van der Waals surface area (Å²) in [7, 11) is 0. The van der Waals surface area contributed by atoms with E-state index in [4.69, 9.17) is 10.5 Å². The highest BCUT2D eigenvalue weighted by molar-refractivity contribution is 5.31. The SMILES string of the molecule is Cc1ccccc1OCCN1CC(CN)CC1C. The van der Waals surface area contributed by atoms with Crippen LogP contribution >= 0.6 is 0 Å². The van der Waals surface area contributed by atoms with Crippen molar-refractivity contribution in [2.75, 3.05) is 26.2 Å². The zero-order valence-electron chi connectivity index (χ0n) is 11.4. The monoisotopic (exact) mass is 248 g/mol. The van der Waals surface area contributed by atoms with Gasteiger partial charge in [-0.1, -0.05) is 18.2 Å². The van der Waals surface area contributed by atoms with Crippen molar-refractivity contribution in [3.8, 4) is 5.75 Å². The third kappa shape index (κ3) is 3.24. The van der Waals surface area contributed by atoms with Gasteiger partial charge in [0.05, 0.1) is 0 Å². The van der Waals surface area contributed by atoms with Gasteiger partial charge >= 0.3 is 0 Å². The van der Waals surface area contributed by atoms with Gasteiger partial charge in [-0.3, -0.25) is 4.90 Å². The lowest BCUT2D eigenvalue weighted by atomic mass is 10.1. The molecule has 1 saturated heterocycles. The van der Waals surface area contributed by atoms with Crippen LogP contribution in [0.15, 0.2) is 24.3 Å². The van der Waals surface area contributed by atoms with E-state index >= 15 is 0 Å². The van der Waals surface area contributed by atoms with Crippen LogP contribution in [-0.4, -0.2) is 37.2 Å². The lowest BCUT2D eigenvalue weighted by molar-refractivity contribution is 0.201. The van der Waals surface area contributed by atoms with Gasteiger partial charge in [0.1, 0.15) is 12.4 Å². The summed E-state index contributed by atoms with van der Waals surface area (Å²) in [5.41, 5.74) is 6.94. The molecule has 0 aliphatic carbocycles. The first kappa shape index (κ1) is 13.4. The Morgan fingerprint density at radius 2 is 2.17 bits per heavy atom. The Kier molecular flexibility index (Phi) is 4.61. The van der Waals surface area contributed by atoms with Crippen molar-refractivity contribution >= 4 is 0 Å². The van der Waals surface area contributed by atoms with Gasteiger partial charge in [-0.05, 0) is 44.4 Å². The number of likely N-dealkylation sites (tertiary alicyclic amines) is 1. The van der Waals surface area contributed by atoms with Crippen LogP contribution in [0.3, 0.4) is 0 Å². The van der Waals surface area contributed by atoms with Gasteiger partial charge in [0.15, 0.2) is 0 Å². The van der Waals surface area contributed by atoms with E-state index in [0.29, 0.717) is 12.0 Å². The van der Waals surface area contributed by atoms with Crippen molar-refractivity contribution in [1.29, 1.82) is 0 Å². The molecule has 2 rings (SSSR count). The predicted molar refractivity (Wildman–Crippen MR) is 74.9 cm³/mol. The Balaban J connectivity index is 1.77. The molecule has 0 spiro atoms. The lowest BCUT2D eigenvalue weighted by Crippen LogP contribution is -2.32. The molecule has 1 fully saturated rings. The summed E-state index contributed by atoms with van der Waals surface area (Å²) in [6.07, 6.45) is 1.22. The Morgan fingerprint density at radius 1 is 1.39 bits per heavy atom. The van der Waals surface area contributed by atoms with Crippen molar-refractivity contribution in [2.24, 2.45) is 11.7 Å². The second-order valence-corrected chi connectivity index (χ2v) is 5.30. The van der Waals surface area contributed by atoms with Crippen LogP contribution in [0.4, 0.5) is 0 Å². The van der Waals surface area contributed by atoms with Gasteiger partial charge in [0.2, 0.25) is 0 Å². The third-order valence-electron chi connectivity index (χ3n) is 3.85. The average Bonchev–Trinajstić information content (AvgIpc) is 2.73. The summed E-state index contributed by atoms with van der Waals surface area (Å²) in [6.45, 7) is 8.04. The third-order valence-corrected chi connectivity index (χ3v) is 3.85. The number of nitrogens with two attached hydrogens (primary N) is 1. The number of hydrogen-bond donors (Lipinski definition) is 1. The molecule has 1 aromatic carbocycles. The number of benzene rings is 1. The van der Waals surface area contributed by atoms with Crippen LogP contribution in [0.25, 0.3) is 0 Å². The summed E-state index contributed by atoms with van der Waals surface area (Å²) in [6, 6.07) is 8.81. The van der Waals surface area contributed by atoms with Gasteiger partial charge in [-0.15, -0.1) is 0 Å². The fourth-order valence-electron chi connectivity index (χ4n) is 2.69. The quantitative estimate of drug-likeness (QED) is 0.866. The zero-order valence-corrected chi connectivity index (χ0v) is 11.4. The molecular weight excluding hydrogens is 224 g/mol. The molecule has 0 amide bonds. The molecule has 0 saturated carbocycles. The van der Waals surface area contributed by atoms with Gasteiger partial charge in [-0.25, -0.2) is 0 Å². The van der Waals surface area contributed by atoms with Crippen molar-refractivity contribution in [3.63, 3.8) is 0 Å². The van der Waals surface area contributed by atoms with E-state index in [1.165, 1.54) is 12.0 Å². The first-order valence-electron chi connectivity index (χ1n) is 6.83. The van der Waals surface area contributed by atoms with E-state index < -0.39 is 0 Å². The highest BCUT2D eigenvalue weighted by Crippen LogP contribution is 2.22. The van der Waals surface area contributed by atoms with E-state index in [1.54, 1.807) is 0 Å². The topological polar surface area (TPSA) is 38.5 Å². The zero-order chi connectivity index (χ0) is 13.0. The number of hydrogen-bond acceptors (Lipinski definition) is 3. The van der Waals surface area contributed by atoms with Crippen LogP contribution in [0, 0.1) is 12.8 Å². The molecule has 1 aliphatic rings. The summed E-state index contributed by atoms with van der Waals surface area (Å²) >= 11 is 0. The Labute approximate surface area is 110 Å². The van der Waals surface area contributed by atoms with E-state index in [0.717, 1.165) is 32.0 Å². The average molecular weight is 248 g/mol. The molecule has 3 nitrogen and oxygen atoms in total. The van der Waals surface area contributed by atoms with Gasteiger partial charge < -0.3 is 10.5 Å². The molecule has 18 heavy (non-hydrogen) atoms. The fourth-order valence-corrected chi connectivity index (χ4v) is 2.69. The number of ether oxygens (including phenoxy) is 1. The minimum atomic E-state index is 0.638. The van der Waals surface area contributed by atoms with Crippen molar-refractivity contribution in [1.82, 2.24) is 4.90 Å². The second-order valence-electron chi connectivity index (χ2n) is 5.30. The molecular formula is C15H24N2O. The Morgan fingerprint density at radius 3 is 2.83 bits per heavy atom. The van der Waals surface area contributed by atoms with E-state index in [-0.39, 0.29) is 0 Å². The number of aryl methyl sites for hydroxylation is 1. The molecule has 2 N–H and O–H groups in total. The van der Waals surface area contributed by atoms with Crippen LogP contribution < -0.4 is 10.5 Å². The summed E-state index contributed by atoms with van der Waals surface area (Å²) in [5.74, 6) is 1.66. The van der Waals surface area contributed by atoms with Crippen molar-refractivity contribution in [2.45, 2.75) is 26.3 Å². The summed E-state index contributed by atoms with van der Waals surface area (Å²) < 4.78 is 5.84. The highest BCUT2D eigenvalue weighted by atomic mass is 16.5. The van der Waals surface area contributed by atoms with Crippen LogP contribution in [-0.2, 0) is 0 Å². The van der Waals surface area contributed by atoms with Gasteiger partial charge in [0.25, 0.3) is 0 Å². The Hall–Kier alpha value is -1.06. The van der Waals surface area contributed by atoms with Crippen molar-refractivity contribution < 1.29 is 4.74 Å². The molecule has 100 valence electrons. The normalized spacial score (nSPS) is 24.4. The number of nitrogens with zero attached hydrogens (tertiary/aromatic N) is 1. The maximum atomic E-state index is 5.84. The first-order chi connectivity index (χ1) is 8.70. The molecule has 0 aromatic heterocycles. The second kappa shape index (κ2) is 6.21. The largest absolute Gasteiger partial charge is 0.492 e. The van der Waals surface area contributed by atoms with Gasteiger partial charge in [0, 0.05) is 19.1 Å². The minimum Gasteiger partial charge on any atom is -0.492 e. The molecule has 1 aromatic rings. The van der Waals surface area contributed by atoms with E-state index in [1.807, 2.05) is 18.2 Å². The molecule has 0 radical (unpaired) electrons. The highest BCUT2D eigenvalue weighted by Gasteiger charge is 2.27. The fraction of sp³-hybridized carbons (Fsp3) is 0.600. The maximum Gasteiger partial charge on any atom is 0.122 e. The van der Waals surface area contributed by atoms with E-state index in [9.17, 15) is 0 Å². The number of para-hydroxylation sites is 1. The van der Waals surface area contributed by atoms with Crippen molar-refractivity contribution in [3.05, 3.63) is 29.8 Å². The number of rotatable bonds is 5. The Bertz CT molecular complexity index is 381. The standard InChI is InChI=1S/C15H24N2O/c1-12-5-3-4-6-15(12)18-8-7-17-11-14(10-16)9-13(17)2/h3-6,13-14H,7-11,16H2,1-2H3. The molecule has 2 atom stereocenters. The maximum absolute atomic E-state index is 5.84. The molecule has 1 heterocycles. The predicted octanol–water partition coefficient (Wildman–Crippen LogP) is 2.04. The van der Waals surface area contributed by atoms with Crippen LogP contribution in [0.2, 0.25) is 0 Å². The molecule has 2 unspecified atom stereocenters. The van der Waals surface area contributed by atoms with Crippen LogP contribution in [0.5, 0.6) is 5.75 Å². The minimum absolute atomic E-state index is 0.638. The van der Waals surface area contributed by atoms with Gasteiger partial charge in [-0.2, -0.15) is 0 Å². The molecule has 0 bridgehead atoms.